The van der Waals surface area contributed by atoms with Crippen molar-refractivity contribution in [2.45, 2.75) is 32.4 Å². The largest absolute Gasteiger partial charge is 0.496 e. The van der Waals surface area contributed by atoms with Crippen LogP contribution in [-0.2, 0) is 6.42 Å². The summed E-state index contributed by atoms with van der Waals surface area (Å²) >= 11 is 0. The minimum atomic E-state index is -4.45. The molecule has 39 heavy (non-hydrogen) atoms. The number of methoxy groups -OCH3 is 3. The summed E-state index contributed by atoms with van der Waals surface area (Å²) in [4.78, 5) is 20.8. The fourth-order valence-corrected chi connectivity index (χ4v) is 4.42. The minimum Gasteiger partial charge on any atom is -0.496 e. The van der Waals surface area contributed by atoms with E-state index in [1.807, 2.05) is 13.8 Å². The zero-order valence-electron chi connectivity index (χ0n) is 22.0. The van der Waals surface area contributed by atoms with Crippen LogP contribution in [0.5, 0.6) is 17.2 Å². The van der Waals surface area contributed by atoms with E-state index in [1.165, 1.54) is 21.3 Å². The van der Waals surface area contributed by atoms with E-state index >= 15 is 0 Å². The molecule has 0 aliphatic rings. The molecule has 4 rings (SSSR count). The van der Waals surface area contributed by atoms with Gasteiger partial charge in [0.15, 0.2) is 11.5 Å². The number of anilines is 1. The number of H-pyrrole nitrogens is 1. The highest BCUT2D eigenvalue weighted by Gasteiger charge is 2.28. The third-order valence-corrected chi connectivity index (χ3v) is 6.18. The van der Waals surface area contributed by atoms with E-state index in [0.717, 1.165) is 11.1 Å². The predicted molar refractivity (Wildman–Crippen MR) is 152 cm³/mol. The number of nitrogens with one attached hydrogen (secondary N) is 2. The lowest BCUT2D eigenvalue weighted by atomic mass is 9.95. The second-order valence-corrected chi connectivity index (χ2v) is 8.92. The lowest BCUT2D eigenvalue weighted by Crippen LogP contribution is -2.23. The van der Waals surface area contributed by atoms with E-state index < -0.39 is 12.7 Å². The first kappa shape index (κ1) is 31.8. The number of hydrogen-bond donors (Lipinski definition) is 2. The number of alkyl halides is 3. The Labute approximate surface area is 235 Å². The van der Waals surface area contributed by atoms with Gasteiger partial charge in [-0.1, -0.05) is 19.9 Å². The van der Waals surface area contributed by atoms with Gasteiger partial charge in [-0.05, 0) is 47.2 Å². The van der Waals surface area contributed by atoms with E-state index in [4.69, 9.17) is 14.2 Å². The van der Waals surface area contributed by atoms with Gasteiger partial charge in [0.25, 0.3) is 5.56 Å². The molecule has 0 unspecified atom stereocenters. The molecule has 0 spiro atoms. The smallest absolute Gasteiger partial charge is 0.405 e. The van der Waals surface area contributed by atoms with Gasteiger partial charge in [0.1, 0.15) is 18.1 Å². The third-order valence-electron chi connectivity index (χ3n) is 6.18. The highest BCUT2D eigenvalue weighted by atomic mass is 35.5. The van der Waals surface area contributed by atoms with Crippen molar-refractivity contribution in [1.29, 1.82) is 0 Å². The lowest BCUT2D eigenvalue weighted by Gasteiger charge is -2.18. The van der Waals surface area contributed by atoms with Gasteiger partial charge in [0.2, 0.25) is 0 Å². The second kappa shape index (κ2) is 12.7. The van der Waals surface area contributed by atoms with Crippen LogP contribution in [-0.4, -0.2) is 44.0 Å². The van der Waals surface area contributed by atoms with E-state index in [1.54, 1.807) is 36.4 Å². The molecule has 0 bridgehead atoms. The summed E-state index contributed by atoms with van der Waals surface area (Å²) in [6.07, 6.45) is -4.43. The molecule has 2 aromatic heterocycles. The van der Waals surface area contributed by atoms with E-state index in [2.05, 4.69) is 15.3 Å². The van der Waals surface area contributed by atoms with Gasteiger partial charge in [0, 0.05) is 28.5 Å². The maximum absolute atomic E-state index is 13.4. The van der Waals surface area contributed by atoms with Crippen LogP contribution in [0.4, 0.5) is 19.0 Å². The molecular weight excluding hydrogens is 558 g/mol. The molecule has 7 nitrogen and oxygen atoms in total. The fourth-order valence-electron chi connectivity index (χ4n) is 4.42. The highest BCUT2D eigenvalue weighted by Crippen LogP contribution is 2.37. The standard InChI is InChI=1S/C27H28F3N3O4.2ClH/c1-14(2)24-17-12-23(37-5)22(36-4)11-16(17)18(26(34)33-24)9-15-10-19-20(7-6-8-21(19)35-3)32-25(15)31-13-27(28,29)30;;/h6-8,10-12,14H,9,13H2,1-5H3,(H,31,32)(H,33,34);2*1H. The summed E-state index contributed by atoms with van der Waals surface area (Å²) in [6, 6.07) is 10.4. The number of aromatic amines is 1. The predicted octanol–water partition coefficient (Wildman–Crippen LogP) is 6.63. The van der Waals surface area contributed by atoms with Crippen LogP contribution in [0, 0.1) is 0 Å². The molecule has 0 atom stereocenters. The summed E-state index contributed by atoms with van der Waals surface area (Å²) in [5, 5.41) is 4.41. The molecule has 0 radical (unpaired) electrons. The fraction of sp³-hybridized carbons (Fsp3) is 0.333. The number of rotatable bonds is 8. The molecule has 0 saturated heterocycles. The van der Waals surface area contributed by atoms with Crippen LogP contribution >= 0.6 is 24.8 Å². The van der Waals surface area contributed by atoms with Crippen molar-refractivity contribution in [2.75, 3.05) is 33.2 Å². The first-order valence-electron chi connectivity index (χ1n) is 11.6. The molecule has 0 fully saturated rings. The quantitative estimate of drug-likeness (QED) is 0.240. The van der Waals surface area contributed by atoms with Crippen LogP contribution < -0.4 is 25.1 Å². The zero-order chi connectivity index (χ0) is 26.9. The average molecular weight is 588 g/mol. The number of benzene rings is 2. The van der Waals surface area contributed by atoms with Crippen molar-refractivity contribution in [2.24, 2.45) is 0 Å². The minimum absolute atomic E-state index is 0. The van der Waals surface area contributed by atoms with Crippen molar-refractivity contribution in [1.82, 2.24) is 9.97 Å². The first-order chi connectivity index (χ1) is 17.6. The first-order valence-corrected chi connectivity index (χ1v) is 11.6. The van der Waals surface area contributed by atoms with Crippen LogP contribution in [0.3, 0.4) is 0 Å². The van der Waals surface area contributed by atoms with Gasteiger partial charge in [-0.15, -0.1) is 24.8 Å². The van der Waals surface area contributed by atoms with Gasteiger partial charge >= 0.3 is 6.18 Å². The van der Waals surface area contributed by atoms with Gasteiger partial charge in [-0.2, -0.15) is 13.2 Å². The van der Waals surface area contributed by atoms with Crippen LogP contribution in [0.2, 0.25) is 0 Å². The van der Waals surface area contributed by atoms with Gasteiger partial charge < -0.3 is 24.5 Å². The molecule has 2 N–H and O–H groups in total. The molecule has 2 heterocycles. The molecule has 12 heteroatoms. The van der Waals surface area contributed by atoms with Crippen molar-refractivity contribution >= 4 is 52.3 Å². The Morgan fingerprint density at radius 1 is 0.923 bits per heavy atom. The Hall–Kier alpha value is -3.37. The van der Waals surface area contributed by atoms with Crippen molar-refractivity contribution in [3.63, 3.8) is 0 Å². The van der Waals surface area contributed by atoms with Crippen LogP contribution in [0.1, 0.15) is 36.6 Å². The van der Waals surface area contributed by atoms with Gasteiger partial charge in [-0.25, -0.2) is 4.98 Å². The number of fused-ring (bicyclic) bond motifs is 2. The monoisotopic (exact) mass is 587 g/mol. The van der Waals surface area contributed by atoms with Crippen LogP contribution in [0.15, 0.2) is 41.2 Å². The van der Waals surface area contributed by atoms with E-state index in [9.17, 15) is 18.0 Å². The number of hydrogen-bond acceptors (Lipinski definition) is 6. The number of ether oxygens (including phenoxy) is 3. The Morgan fingerprint density at radius 2 is 1.54 bits per heavy atom. The van der Waals surface area contributed by atoms with E-state index in [-0.39, 0.29) is 48.5 Å². The van der Waals surface area contributed by atoms with Gasteiger partial charge in [-0.3, -0.25) is 4.79 Å². The Balaban J connectivity index is 0.00000267. The normalized spacial score (nSPS) is 11.2. The van der Waals surface area contributed by atoms with Crippen molar-refractivity contribution in [3.8, 4) is 17.2 Å². The molecule has 0 amide bonds. The third kappa shape index (κ3) is 6.62. The SMILES string of the molecule is COc1cc2c(C(C)C)[nH]c(=O)c(Cc3cc4c(OC)cccc4nc3NCC(F)(F)F)c2cc1OC.Cl.Cl. The summed E-state index contributed by atoms with van der Waals surface area (Å²) in [5.74, 6) is 1.50. The second-order valence-electron chi connectivity index (χ2n) is 8.92. The molecule has 0 saturated carbocycles. The van der Waals surface area contributed by atoms with Crippen LogP contribution in [0.25, 0.3) is 21.7 Å². The summed E-state index contributed by atoms with van der Waals surface area (Å²) in [6.45, 7) is 2.65. The maximum Gasteiger partial charge on any atom is 0.405 e. The molecular formula is C27H30Cl2F3N3O4. The Morgan fingerprint density at radius 3 is 2.10 bits per heavy atom. The summed E-state index contributed by atoms with van der Waals surface area (Å²) < 4.78 is 55.6. The van der Waals surface area contributed by atoms with E-state index in [0.29, 0.717) is 44.7 Å². The zero-order valence-corrected chi connectivity index (χ0v) is 23.6. The Bertz CT molecular complexity index is 1520. The van der Waals surface area contributed by atoms with Crippen molar-refractivity contribution in [3.05, 3.63) is 63.6 Å². The number of pyridine rings is 2. The number of aromatic nitrogens is 2. The Kier molecular flexibility index (Phi) is 10.3. The van der Waals surface area contributed by atoms with Crippen molar-refractivity contribution < 1.29 is 27.4 Å². The van der Waals surface area contributed by atoms with Gasteiger partial charge in [0.05, 0.1) is 26.8 Å². The molecule has 0 aliphatic heterocycles. The maximum atomic E-state index is 13.4. The molecule has 2 aromatic carbocycles. The molecule has 212 valence electrons. The summed E-state index contributed by atoms with van der Waals surface area (Å²) in [5.41, 5.74) is 1.63. The lowest BCUT2D eigenvalue weighted by molar-refractivity contribution is -0.115. The number of halogens is 5. The molecule has 4 aromatic rings. The topological polar surface area (TPSA) is 85.5 Å². The average Bonchev–Trinajstić information content (AvgIpc) is 2.86. The highest BCUT2D eigenvalue weighted by molar-refractivity contribution is 5.92. The number of nitrogens with zero attached hydrogens (tertiary/aromatic N) is 1. The molecule has 0 aliphatic carbocycles. The summed E-state index contributed by atoms with van der Waals surface area (Å²) in [7, 11) is 4.53.